The first-order valence-electron chi connectivity index (χ1n) is 7.84. The van der Waals surface area contributed by atoms with Crippen molar-refractivity contribution in [3.05, 3.63) is 40.7 Å². The minimum Gasteiger partial charge on any atom is -0.220 e. The number of hydrogen-bond acceptors (Lipinski definition) is 2. The van der Waals surface area contributed by atoms with Crippen LogP contribution in [0, 0.1) is 6.92 Å². The molecule has 1 fully saturated rings. The summed E-state index contributed by atoms with van der Waals surface area (Å²) in [6, 6.07) is 5.79. The van der Waals surface area contributed by atoms with Crippen molar-refractivity contribution < 1.29 is 0 Å². The van der Waals surface area contributed by atoms with Crippen LogP contribution in [0.5, 0.6) is 0 Å². The third-order valence-electron chi connectivity index (χ3n) is 3.62. The molecule has 1 aliphatic carbocycles. The molecule has 0 bridgehead atoms. The van der Waals surface area contributed by atoms with Crippen molar-refractivity contribution in [2.45, 2.75) is 58.8 Å². The van der Waals surface area contributed by atoms with E-state index in [0.29, 0.717) is 5.92 Å². The highest BCUT2D eigenvalue weighted by atomic mass is 35.5. The molecule has 1 aromatic carbocycles. The van der Waals surface area contributed by atoms with Crippen molar-refractivity contribution in [1.82, 2.24) is 15.0 Å². The van der Waals surface area contributed by atoms with Crippen LogP contribution >= 0.6 is 11.6 Å². The molecule has 0 spiro atoms. The molecular weight excluding hydrogens is 282 g/mol. The fourth-order valence-corrected chi connectivity index (χ4v) is 2.42. The Hall–Kier alpha value is -1.35. The molecule has 4 heteroatoms. The van der Waals surface area contributed by atoms with Crippen LogP contribution in [0.4, 0.5) is 0 Å². The minimum atomic E-state index is 0.640. The second-order valence-electron chi connectivity index (χ2n) is 5.65. The maximum Gasteiger partial charge on any atom is 0.0862 e. The van der Waals surface area contributed by atoms with E-state index in [0.717, 1.165) is 22.0 Å². The van der Waals surface area contributed by atoms with Gasteiger partial charge in [0.2, 0.25) is 0 Å². The van der Waals surface area contributed by atoms with Crippen molar-refractivity contribution in [2.75, 3.05) is 0 Å². The van der Waals surface area contributed by atoms with Gasteiger partial charge in [0.1, 0.15) is 0 Å². The van der Waals surface area contributed by atoms with Crippen LogP contribution in [0.3, 0.4) is 0 Å². The highest BCUT2D eigenvalue weighted by Gasteiger charge is 2.26. The van der Waals surface area contributed by atoms with E-state index < -0.39 is 0 Å². The van der Waals surface area contributed by atoms with E-state index in [2.05, 4.69) is 24.2 Å². The Morgan fingerprint density at radius 3 is 2.48 bits per heavy atom. The lowest BCUT2D eigenvalue weighted by atomic mass is 10.2. The summed E-state index contributed by atoms with van der Waals surface area (Å²) in [6.07, 6.45) is 8.59. The quantitative estimate of drug-likeness (QED) is 0.767. The van der Waals surface area contributed by atoms with E-state index >= 15 is 0 Å². The molecule has 0 amide bonds. The van der Waals surface area contributed by atoms with E-state index in [1.165, 1.54) is 32.1 Å². The van der Waals surface area contributed by atoms with Crippen LogP contribution in [0.2, 0.25) is 5.02 Å². The van der Waals surface area contributed by atoms with Crippen LogP contribution < -0.4 is 0 Å². The lowest BCUT2D eigenvalue weighted by molar-refractivity contribution is 0.772. The minimum absolute atomic E-state index is 0.640. The van der Waals surface area contributed by atoms with Crippen molar-refractivity contribution in [3.8, 4) is 5.69 Å². The van der Waals surface area contributed by atoms with Crippen LogP contribution in [0.1, 0.15) is 63.1 Å². The van der Waals surface area contributed by atoms with Crippen LogP contribution in [0.25, 0.3) is 5.69 Å². The standard InChI is InChI=1S/C12H12ClN3.C5H12/c1-8-6-10(13)4-5-12(8)16-7-11(14-15-16)9-2-3-9;1-3-5-4-2/h4-7,9H,2-3H2,1H3;3-5H2,1-2H3. The molecule has 0 N–H and O–H groups in total. The molecule has 1 heterocycles. The first-order valence-corrected chi connectivity index (χ1v) is 8.22. The van der Waals surface area contributed by atoms with Gasteiger partial charge in [-0.2, -0.15) is 0 Å². The third kappa shape index (κ3) is 4.57. The zero-order valence-electron chi connectivity index (χ0n) is 13.1. The van der Waals surface area contributed by atoms with Gasteiger partial charge in [-0.1, -0.05) is 49.9 Å². The molecule has 1 saturated carbocycles. The molecule has 0 saturated heterocycles. The Labute approximate surface area is 132 Å². The molecule has 0 radical (unpaired) electrons. The first kappa shape index (κ1) is 16.0. The van der Waals surface area contributed by atoms with Crippen LogP contribution in [-0.2, 0) is 0 Å². The number of halogens is 1. The second kappa shape index (κ2) is 7.60. The number of benzene rings is 1. The zero-order valence-corrected chi connectivity index (χ0v) is 13.9. The maximum absolute atomic E-state index is 5.92. The highest BCUT2D eigenvalue weighted by Crippen LogP contribution is 2.38. The van der Waals surface area contributed by atoms with Gasteiger partial charge >= 0.3 is 0 Å². The van der Waals surface area contributed by atoms with E-state index in [1.807, 2.05) is 36.0 Å². The predicted molar refractivity (Wildman–Crippen MR) is 88.3 cm³/mol. The van der Waals surface area contributed by atoms with E-state index in [1.54, 1.807) is 0 Å². The monoisotopic (exact) mass is 305 g/mol. The Kier molecular flexibility index (Phi) is 5.80. The van der Waals surface area contributed by atoms with Crippen molar-refractivity contribution in [3.63, 3.8) is 0 Å². The molecule has 3 rings (SSSR count). The van der Waals surface area contributed by atoms with Gasteiger partial charge in [-0.15, -0.1) is 5.10 Å². The van der Waals surface area contributed by atoms with Gasteiger partial charge < -0.3 is 0 Å². The molecule has 2 aromatic rings. The predicted octanol–water partition coefficient (Wildman–Crippen LogP) is 5.30. The molecule has 0 unspecified atom stereocenters. The lowest BCUT2D eigenvalue weighted by Crippen LogP contribution is -1.97. The molecule has 3 nitrogen and oxygen atoms in total. The van der Waals surface area contributed by atoms with Gasteiger partial charge in [0.25, 0.3) is 0 Å². The molecule has 0 atom stereocenters. The second-order valence-corrected chi connectivity index (χ2v) is 6.08. The van der Waals surface area contributed by atoms with Gasteiger partial charge in [0.15, 0.2) is 0 Å². The average molecular weight is 306 g/mol. The number of rotatable bonds is 4. The maximum atomic E-state index is 5.92. The number of hydrogen-bond donors (Lipinski definition) is 0. The summed E-state index contributed by atoms with van der Waals surface area (Å²) in [5, 5.41) is 9.11. The SMILES string of the molecule is CCCCC.Cc1cc(Cl)ccc1-n1cc(C2CC2)nn1. The third-order valence-corrected chi connectivity index (χ3v) is 3.85. The Bertz CT molecular complexity index is 571. The largest absolute Gasteiger partial charge is 0.220 e. The van der Waals surface area contributed by atoms with Gasteiger partial charge in [-0.3, -0.25) is 0 Å². The number of unbranched alkanes of at least 4 members (excludes halogenated alkanes) is 2. The van der Waals surface area contributed by atoms with Gasteiger partial charge in [0.05, 0.1) is 17.6 Å². The molecule has 114 valence electrons. The smallest absolute Gasteiger partial charge is 0.0862 e. The first-order chi connectivity index (χ1) is 10.2. The summed E-state index contributed by atoms with van der Waals surface area (Å²) in [4.78, 5) is 0. The average Bonchev–Trinajstić information content (AvgIpc) is 3.19. The van der Waals surface area contributed by atoms with Crippen LogP contribution in [0.15, 0.2) is 24.4 Å². The molecule has 21 heavy (non-hydrogen) atoms. The molecule has 1 aromatic heterocycles. The van der Waals surface area contributed by atoms with Crippen LogP contribution in [-0.4, -0.2) is 15.0 Å². The topological polar surface area (TPSA) is 30.7 Å². The van der Waals surface area contributed by atoms with Crippen molar-refractivity contribution >= 4 is 11.6 Å². The molecular formula is C17H24ClN3. The molecule has 0 aliphatic heterocycles. The summed E-state index contributed by atoms with van der Waals surface area (Å²) in [5.41, 5.74) is 3.26. The fraction of sp³-hybridized carbons (Fsp3) is 0.529. The summed E-state index contributed by atoms with van der Waals surface area (Å²) < 4.78 is 1.83. The Morgan fingerprint density at radius 1 is 1.24 bits per heavy atom. The van der Waals surface area contributed by atoms with Gasteiger partial charge in [-0.25, -0.2) is 4.68 Å². The van der Waals surface area contributed by atoms with Crippen molar-refractivity contribution in [1.29, 1.82) is 0 Å². The highest BCUT2D eigenvalue weighted by molar-refractivity contribution is 6.30. The summed E-state index contributed by atoms with van der Waals surface area (Å²) in [7, 11) is 0. The number of nitrogens with zero attached hydrogens (tertiary/aromatic N) is 3. The normalized spacial score (nSPS) is 13.7. The lowest BCUT2D eigenvalue weighted by Gasteiger charge is -2.04. The summed E-state index contributed by atoms with van der Waals surface area (Å²) in [5.74, 6) is 0.640. The number of aromatic nitrogens is 3. The van der Waals surface area contributed by atoms with Gasteiger partial charge in [-0.05, 0) is 43.5 Å². The van der Waals surface area contributed by atoms with E-state index in [-0.39, 0.29) is 0 Å². The Balaban J connectivity index is 0.000000282. The number of aryl methyl sites for hydroxylation is 1. The fourth-order valence-electron chi connectivity index (χ4n) is 2.19. The van der Waals surface area contributed by atoms with Crippen molar-refractivity contribution in [2.24, 2.45) is 0 Å². The Morgan fingerprint density at radius 2 is 1.95 bits per heavy atom. The van der Waals surface area contributed by atoms with E-state index in [4.69, 9.17) is 11.6 Å². The van der Waals surface area contributed by atoms with Gasteiger partial charge in [0, 0.05) is 10.9 Å². The molecule has 1 aliphatic rings. The zero-order chi connectivity index (χ0) is 15.2. The summed E-state index contributed by atoms with van der Waals surface area (Å²) >= 11 is 5.92. The van der Waals surface area contributed by atoms with E-state index in [9.17, 15) is 0 Å². The summed E-state index contributed by atoms with van der Waals surface area (Å²) in [6.45, 7) is 6.45.